The molecule has 196 valence electrons. The predicted molar refractivity (Wildman–Crippen MR) is 146 cm³/mol. The molecule has 3 fully saturated rings. The number of nitrogens with zero attached hydrogens (tertiary/aromatic N) is 5. The molecule has 4 aromatic heterocycles. The van der Waals surface area contributed by atoms with Gasteiger partial charge in [-0.3, -0.25) is 24.7 Å². The molecule has 4 aromatic rings. The lowest BCUT2D eigenvalue weighted by atomic mass is 10.0. The first-order valence-corrected chi connectivity index (χ1v) is 13.8. The fraction of sp³-hybridized carbons (Fsp3) is 0.286. The van der Waals surface area contributed by atoms with Crippen LogP contribution in [0.4, 0.5) is 5.82 Å². The fourth-order valence-electron chi connectivity index (χ4n) is 5.14. The maximum atomic E-state index is 13.4. The molecule has 39 heavy (non-hydrogen) atoms. The topological polar surface area (TPSA) is 122 Å². The smallest absolute Gasteiger partial charge is 0.263 e. The lowest BCUT2D eigenvalue weighted by Crippen LogP contribution is -2.27. The quantitative estimate of drug-likeness (QED) is 0.284. The number of pyridine rings is 1. The summed E-state index contributed by atoms with van der Waals surface area (Å²) in [4.78, 5) is 49.7. The number of anilines is 1. The van der Waals surface area contributed by atoms with Gasteiger partial charge in [-0.05, 0) is 49.1 Å². The van der Waals surface area contributed by atoms with Crippen LogP contribution in [0.15, 0.2) is 54.5 Å². The van der Waals surface area contributed by atoms with Gasteiger partial charge in [-0.1, -0.05) is 6.07 Å². The fourth-order valence-corrected chi connectivity index (χ4v) is 6.07. The Bertz CT molecular complexity index is 1650. The molecular weight excluding hydrogens is 514 g/mol. The minimum atomic E-state index is -0.388. The van der Waals surface area contributed by atoms with Gasteiger partial charge in [0.2, 0.25) is 5.91 Å². The zero-order valence-electron chi connectivity index (χ0n) is 21.0. The Kier molecular flexibility index (Phi) is 5.73. The van der Waals surface area contributed by atoms with E-state index in [0.717, 1.165) is 42.2 Å². The summed E-state index contributed by atoms with van der Waals surface area (Å²) >= 11 is 1.42. The van der Waals surface area contributed by atoms with Crippen LogP contribution in [0.1, 0.15) is 52.4 Å². The number of nitrogens with one attached hydrogen (secondary N) is 2. The molecular formula is C28H25N7O3S. The van der Waals surface area contributed by atoms with Gasteiger partial charge >= 0.3 is 0 Å². The molecule has 1 unspecified atom stereocenters. The molecule has 2 saturated heterocycles. The molecule has 7 rings (SSSR count). The first kappa shape index (κ1) is 23.7. The zero-order valence-corrected chi connectivity index (χ0v) is 21.8. The first-order valence-electron chi connectivity index (χ1n) is 13.0. The number of amides is 3. The van der Waals surface area contributed by atoms with E-state index < -0.39 is 0 Å². The number of carbonyl (C=O) groups excluding carboxylic acids is 3. The van der Waals surface area contributed by atoms with Gasteiger partial charge in [-0.15, -0.1) is 11.3 Å². The van der Waals surface area contributed by atoms with Crippen molar-refractivity contribution in [2.24, 2.45) is 0 Å². The van der Waals surface area contributed by atoms with Gasteiger partial charge in [0, 0.05) is 54.6 Å². The van der Waals surface area contributed by atoms with E-state index >= 15 is 0 Å². The number of imide groups is 1. The Hall–Kier alpha value is -4.38. The standard InChI is InChI=1S/C28H25N7O3S/c36-25-11-18(27(37)33-25)10-19-14-30-35-24(31-20-3-4-20)12-21(32-26(19)35)22-5-6-23(39-22)28(38)34-9-7-17(15-34)16-2-1-8-29-13-16/h1-2,5-6,8,10,12-14,17,20,31H,3-4,7,9,11,15H2,(H,33,36,37)/b18-10+. The van der Waals surface area contributed by atoms with Gasteiger partial charge in [0.05, 0.1) is 28.1 Å². The second-order valence-corrected chi connectivity index (χ2v) is 11.3. The number of hydrogen-bond donors (Lipinski definition) is 2. The third-order valence-corrected chi connectivity index (χ3v) is 8.45. The predicted octanol–water partition coefficient (Wildman–Crippen LogP) is 3.49. The van der Waals surface area contributed by atoms with Crippen molar-refractivity contribution < 1.29 is 14.4 Å². The summed E-state index contributed by atoms with van der Waals surface area (Å²) in [6.45, 7) is 1.40. The van der Waals surface area contributed by atoms with Gasteiger partial charge < -0.3 is 10.2 Å². The lowest BCUT2D eigenvalue weighted by molar-refractivity contribution is -0.124. The van der Waals surface area contributed by atoms with E-state index in [1.165, 1.54) is 16.9 Å². The molecule has 2 N–H and O–H groups in total. The number of aromatic nitrogens is 4. The average Bonchev–Trinajstić information content (AvgIpc) is 3.33. The molecule has 1 saturated carbocycles. The highest BCUT2D eigenvalue weighted by Crippen LogP contribution is 2.34. The highest BCUT2D eigenvalue weighted by molar-refractivity contribution is 7.17. The molecule has 1 aliphatic carbocycles. The van der Waals surface area contributed by atoms with Crippen molar-refractivity contribution in [2.45, 2.75) is 37.6 Å². The number of rotatable bonds is 6. The van der Waals surface area contributed by atoms with E-state index in [1.807, 2.05) is 35.4 Å². The van der Waals surface area contributed by atoms with Crippen LogP contribution in [0.3, 0.4) is 0 Å². The molecule has 3 amide bonds. The molecule has 6 heterocycles. The molecule has 0 aromatic carbocycles. The number of fused-ring (bicyclic) bond motifs is 1. The van der Waals surface area contributed by atoms with Crippen molar-refractivity contribution in [2.75, 3.05) is 18.4 Å². The van der Waals surface area contributed by atoms with Gasteiger partial charge in [0.15, 0.2) is 5.65 Å². The molecule has 0 bridgehead atoms. The van der Waals surface area contributed by atoms with Gasteiger partial charge in [0.25, 0.3) is 11.8 Å². The normalized spacial score (nSPS) is 20.3. The van der Waals surface area contributed by atoms with Crippen molar-refractivity contribution in [3.63, 3.8) is 0 Å². The van der Waals surface area contributed by atoms with Crippen LogP contribution >= 0.6 is 11.3 Å². The Morgan fingerprint density at radius 1 is 1.15 bits per heavy atom. The van der Waals surface area contributed by atoms with Crippen LogP contribution in [0.2, 0.25) is 0 Å². The highest BCUT2D eigenvalue weighted by atomic mass is 32.1. The Morgan fingerprint density at radius 3 is 2.82 bits per heavy atom. The summed E-state index contributed by atoms with van der Waals surface area (Å²) in [5, 5.41) is 10.3. The van der Waals surface area contributed by atoms with Crippen molar-refractivity contribution in [1.29, 1.82) is 0 Å². The molecule has 1 atom stereocenters. The second-order valence-electron chi connectivity index (χ2n) is 10.2. The van der Waals surface area contributed by atoms with E-state index in [1.54, 1.807) is 23.0 Å². The zero-order chi connectivity index (χ0) is 26.5. The Morgan fingerprint density at radius 2 is 2.05 bits per heavy atom. The van der Waals surface area contributed by atoms with E-state index in [4.69, 9.17) is 4.98 Å². The Labute approximate surface area is 227 Å². The van der Waals surface area contributed by atoms with E-state index in [9.17, 15) is 14.4 Å². The van der Waals surface area contributed by atoms with Gasteiger partial charge in [-0.25, -0.2) is 4.98 Å². The van der Waals surface area contributed by atoms with Crippen molar-refractivity contribution in [3.8, 4) is 10.6 Å². The third kappa shape index (κ3) is 4.59. The van der Waals surface area contributed by atoms with Crippen LogP contribution < -0.4 is 10.6 Å². The SMILES string of the molecule is O=C1C/C(=C\c2cnn3c(NC4CC4)cc(-c4ccc(C(=O)N5CCC(c6cccnc6)C5)s4)nc23)C(=O)N1. The second kappa shape index (κ2) is 9.42. The van der Waals surface area contributed by atoms with Gasteiger partial charge in [-0.2, -0.15) is 9.61 Å². The average molecular weight is 540 g/mol. The summed E-state index contributed by atoms with van der Waals surface area (Å²) in [7, 11) is 0. The molecule has 11 heteroatoms. The summed E-state index contributed by atoms with van der Waals surface area (Å²) < 4.78 is 1.73. The Balaban J connectivity index is 1.19. The number of thiophene rings is 1. The minimum Gasteiger partial charge on any atom is -0.367 e. The maximum Gasteiger partial charge on any atom is 0.263 e. The molecule has 10 nitrogen and oxygen atoms in total. The summed E-state index contributed by atoms with van der Waals surface area (Å²) in [5.74, 6) is 0.429. The van der Waals surface area contributed by atoms with E-state index in [-0.39, 0.29) is 24.1 Å². The van der Waals surface area contributed by atoms with Crippen molar-refractivity contribution >= 4 is 46.6 Å². The van der Waals surface area contributed by atoms with Crippen LogP contribution in [0.25, 0.3) is 22.3 Å². The van der Waals surface area contributed by atoms with Crippen LogP contribution in [-0.2, 0) is 9.59 Å². The van der Waals surface area contributed by atoms with E-state index in [2.05, 4.69) is 26.8 Å². The highest BCUT2D eigenvalue weighted by Gasteiger charge is 2.30. The van der Waals surface area contributed by atoms with Crippen LogP contribution in [-0.4, -0.2) is 61.3 Å². The van der Waals surface area contributed by atoms with Crippen LogP contribution in [0, 0.1) is 0 Å². The lowest BCUT2D eigenvalue weighted by Gasteiger charge is -2.15. The molecule has 0 radical (unpaired) electrons. The first-order chi connectivity index (χ1) is 19.0. The third-order valence-electron chi connectivity index (χ3n) is 7.35. The van der Waals surface area contributed by atoms with E-state index in [0.29, 0.717) is 40.2 Å². The molecule has 2 aliphatic heterocycles. The van der Waals surface area contributed by atoms with Crippen LogP contribution in [0.5, 0.6) is 0 Å². The minimum absolute atomic E-state index is 0.0294. The van der Waals surface area contributed by atoms with Gasteiger partial charge in [0.1, 0.15) is 5.82 Å². The summed E-state index contributed by atoms with van der Waals surface area (Å²) in [6.07, 6.45) is 10.1. The summed E-state index contributed by atoms with van der Waals surface area (Å²) in [6, 6.07) is 10.1. The largest absolute Gasteiger partial charge is 0.367 e. The molecule has 0 spiro atoms. The summed E-state index contributed by atoms with van der Waals surface area (Å²) in [5.41, 5.74) is 3.51. The number of carbonyl (C=O) groups is 3. The number of likely N-dealkylation sites (tertiary alicyclic amines) is 1. The van der Waals surface area contributed by atoms with Crippen molar-refractivity contribution in [1.82, 2.24) is 29.8 Å². The monoisotopic (exact) mass is 539 g/mol. The molecule has 3 aliphatic rings. The number of hydrogen-bond acceptors (Lipinski definition) is 8. The van der Waals surface area contributed by atoms with Crippen molar-refractivity contribution in [3.05, 3.63) is 70.5 Å². The maximum absolute atomic E-state index is 13.4.